The molecule has 7 rings (SSSR count). The molecule has 4 atom stereocenters. The van der Waals surface area contributed by atoms with Crippen LogP contribution < -0.4 is 9.64 Å². The van der Waals surface area contributed by atoms with Crippen molar-refractivity contribution in [3.05, 3.63) is 58.0 Å². The molecule has 3 fully saturated rings. The van der Waals surface area contributed by atoms with E-state index in [9.17, 15) is 18.8 Å². The lowest BCUT2D eigenvalue weighted by atomic mass is 9.81. The van der Waals surface area contributed by atoms with Gasteiger partial charge in [0.25, 0.3) is 5.91 Å². The summed E-state index contributed by atoms with van der Waals surface area (Å²) in [6.45, 7) is 6.32. The topological polar surface area (TPSA) is 88.8 Å². The van der Waals surface area contributed by atoms with Gasteiger partial charge in [-0.1, -0.05) is 30.3 Å². The summed E-state index contributed by atoms with van der Waals surface area (Å²) in [6, 6.07) is 7.99. The SMILES string of the molecule is C=C(F)C(=O)N1CCN(c2nc(OC[C@@]34CCCN3C[C@H](F)C4)nc3c2CN(C)[C@@]2(CCc4c(Cl)cccc42)C3)C[C@@H]1CC#N. The Kier molecular flexibility index (Phi) is 7.74. The average molecular weight is 638 g/mol. The molecule has 1 aliphatic carbocycles. The maximum Gasteiger partial charge on any atom is 0.318 e. The van der Waals surface area contributed by atoms with Gasteiger partial charge in [-0.3, -0.25) is 14.6 Å². The number of piperazine rings is 1. The maximum absolute atomic E-state index is 14.5. The van der Waals surface area contributed by atoms with Crippen LogP contribution >= 0.6 is 11.6 Å². The van der Waals surface area contributed by atoms with Gasteiger partial charge in [-0.05, 0) is 56.5 Å². The van der Waals surface area contributed by atoms with Crippen LogP contribution in [0.5, 0.6) is 6.01 Å². The molecule has 238 valence electrons. The highest BCUT2D eigenvalue weighted by atomic mass is 35.5. The van der Waals surface area contributed by atoms with Crippen molar-refractivity contribution in [1.82, 2.24) is 24.7 Å². The van der Waals surface area contributed by atoms with Crippen LogP contribution in [0.2, 0.25) is 5.02 Å². The third-order valence-electron chi connectivity index (χ3n) is 10.9. The van der Waals surface area contributed by atoms with E-state index in [1.165, 1.54) is 16.0 Å². The minimum atomic E-state index is -1.03. The molecule has 45 heavy (non-hydrogen) atoms. The van der Waals surface area contributed by atoms with Crippen LogP contribution in [0.3, 0.4) is 0 Å². The molecular formula is C33H38ClF2N7O2. The summed E-state index contributed by atoms with van der Waals surface area (Å²) in [5, 5.41) is 10.3. The Bertz CT molecular complexity index is 1580. The number of carbonyl (C=O) groups excluding carboxylic acids is 1. The van der Waals surface area contributed by atoms with Gasteiger partial charge in [0.1, 0.15) is 18.6 Å². The van der Waals surface area contributed by atoms with Gasteiger partial charge in [0.05, 0.1) is 35.3 Å². The van der Waals surface area contributed by atoms with E-state index in [1.807, 2.05) is 12.1 Å². The molecule has 5 heterocycles. The van der Waals surface area contributed by atoms with E-state index < -0.39 is 23.9 Å². The van der Waals surface area contributed by atoms with Crippen LogP contribution in [0, 0.1) is 11.3 Å². The third kappa shape index (κ3) is 5.06. The Morgan fingerprint density at radius 1 is 1.22 bits per heavy atom. The molecule has 3 saturated heterocycles. The first-order valence-corrected chi connectivity index (χ1v) is 16.2. The lowest BCUT2D eigenvalue weighted by molar-refractivity contribution is -0.131. The average Bonchev–Trinajstić information content (AvgIpc) is 3.67. The Hall–Kier alpha value is -3.33. The number of hydrogen-bond donors (Lipinski definition) is 0. The number of nitriles is 1. The first-order valence-electron chi connectivity index (χ1n) is 15.8. The summed E-state index contributed by atoms with van der Waals surface area (Å²) < 4.78 is 34.8. The third-order valence-corrected chi connectivity index (χ3v) is 11.2. The zero-order valence-electron chi connectivity index (χ0n) is 25.6. The second-order valence-electron chi connectivity index (χ2n) is 13.3. The van der Waals surface area contributed by atoms with E-state index in [0.717, 1.165) is 48.5 Å². The van der Waals surface area contributed by atoms with Gasteiger partial charge < -0.3 is 14.5 Å². The lowest BCUT2D eigenvalue weighted by Gasteiger charge is -2.46. The van der Waals surface area contributed by atoms with Crippen molar-refractivity contribution in [3.63, 3.8) is 0 Å². The van der Waals surface area contributed by atoms with Gasteiger partial charge >= 0.3 is 6.01 Å². The predicted molar refractivity (Wildman–Crippen MR) is 165 cm³/mol. The van der Waals surface area contributed by atoms with E-state index >= 15 is 0 Å². The zero-order valence-corrected chi connectivity index (χ0v) is 26.3. The minimum Gasteiger partial charge on any atom is -0.461 e. The quantitative estimate of drug-likeness (QED) is 0.433. The molecule has 1 aromatic heterocycles. The number of anilines is 1. The smallest absolute Gasteiger partial charge is 0.318 e. The maximum atomic E-state index is 14.5. The van der Waals surface area contributed by atoms with Crippen molar-refractivity contribution in [2.24, 2.45) is 0 Å². The lowest BCUT2D eigenvalue weighted by Crippen LogP contribution is -2.56. The van der Waals surface area contributed by atoms with E-state index in [-0.39, 0.29) is 30.1 Å². The van der Waals surface area contributed by atoms with Crippen molar-refractivity contribution in [2.75, 3.05) is 51.3 Å². The van der Waals surface area contributed by atoms with Crippen LogP contribution in [0.4, 0.5) is 14.6 Å². The fourth-order valence-corrected chi connectivity index (χ4v) is 8.89. The standard InChI is InChI=1S/C33H38ClF2N7O2/c1-21(35)30(44)43-14-13-41(18-23(43)8-11-37)29-25-19-40(2)33(10-7-24-26(33)5-3-6-27(24)34)16-28(25)38-31(39-29)45-20-32-9-4-12-42(32)17-22(36)15-32/h3,5-6,22-23H,1,4,7-10,12-20H2,2H3/t22-,23+,32+,33+/m1/s1. The number of nitrogens with zero attached hydrogens (tertiary/aromatic N) is 7. The van der Waals surface area contributed by atoms with E-state index in [4.69, 9.17) is 26.3 Å². The molecule has 2 aromatic rings. The molecule has 1 aromatic carbocycles. The van der Waals surface area contributed by atoms with Gasteiger partial charge in [0, 0.05) is 56.2 Å². The Morgan fingerprint density at radius 3 is 2.87 bits per heavy atom. The second kappa shape index (κ2) is 11.5. The number of rotatable bonds is 6. The summed E-state index contributed by atoms with van der Waals surface area (Å²) in [4.78, 5) is 30.6. The van der Waals surface area contributed by atoms with E-state index in [1.54, 1.807) is 0 Å². The monoisotopic (exact) mass is 637 g/mol. The largest absolute Gasteiger partial charge is 0.461 e. The minimum absolute atomic E-state index is 0.0511. The number of fused-ring (bicyclic) bond motifs is 4. The number of amides is 1. The molecule has 0 N–H and O–H groups in total. The summed E-state index contributed by atoms with van der Waals surface area (Å²) in [7, 11) is 2.12. The molecule has 5 aliphatic rings. The van der Waals surface area contributed by atoms with Crippen LogP contribution in [-0.2, 0) is 29.7 Å². The number of aromatic nitrogens is 2. The van der Waals surface area contributed by atoms with Crippen molar-refractivity contribution >= 4 is 23.3 Å². The Morgan fingerprint density at radius 2 is 2.07 bits per heavy atom. The van der Waals surface area contributed by atoms with Crippen molar-refractivity contribution in [2.45, 2.75) is 74.8 Å². The van der Waals surface area contributed by atoms with Crippen LogP contribution in [-0.4, -0.2) is 94.7 Å². The number of halogens is 3. The predicted octanol–water partition coefficient (Wildman–Crippen LogP) is 4.33. The Balaban J connectivity index is 1.25. The Labute approximate surface area is 267 Å². The highest BCUT2D eigenvalue weighted by molar-refractivity contribution is 6.31. The molecule has 0 unspecified atom stereocenters. The van der Waals surface area contributed by atoms with E-state index in [0.29, 0.717) is 51.4 Å². The highest BCUT2D eigenvalue weighted by Gasteiger charge is 2.50. The fourth-order valence-electron chi connectivity index (χ4n) is 8.62. The fraction of sp³-hybridized carbons (Fsp3) is 0.576. The summed E-state index contributed by atoms with van der Waals surface area (Å²) >= 11 is 6.64. The van der Waals surface area contributed by atoms with Gasteiger partial charge in [-0.25, -0.2) is 8.78 Å². The molecule has 9 nitrogen and oxygen atoms in total. The molecule has 12 heteroatoms. The van der Waals surface area contributed by atoms with Gasteiger partial charge in [0.2, 0.25) is 0 Å². The molecule has 0 bridgehead atoms. The first kappa shape index (κ1) is 30.3. The summed E-state index contributed by atoms with van der Waals surface area (Å²) in [5.74, 6) is -1.12. The van der Waals surface area contributed by atoms with Gasteiger partial charge in [-0.2, -0.15) is 15.2 Å². The molecule has 1 spiro atoms. The summed E-state index contributed by atoms with van der Waals surface area (Å²) in [6.07, 6.45) is 3.95. The number of ether oxygens (including phenoxy) is 1. The molecule has 1 amide bonds. The number of benzene rings is 1. The normalized spacial score (nSPS) is 29.4. The molecule has 0 radical (unpaired) electrons. The number of likely N-dealkylation sites (N-methyl/N-ethyl adjacent to an activating group) is 1. The van der Waals surface area contributed by atoms with Crippen LogP contribution in [0.15, 0.2) is 30.6 Å². The second-order valence-corrected chi connectivity index (χ2v) is 13.7. The number of hydrogen-bond acceptors (Lipinski definition) is 8. The van der Waals surface area contributed by atoms with Gasteiger partial charge in [0.15, 0.2) is 5.83 Å². The zero-order chi connectivity index (χ0) is 31.5. The number of carbonyl (C=O) groups is 1. The highest BCUT2D eigenvalue weighted by Crippen LogP contribution is 2.50. The van der Waals surface area contributed by atoms with Crippen molar-refractivity contribution in [3.8, 4) is 12.1 Å². The summed E-state index contributed by atoms with van der Waals surface area (Å²) in [5.41, 5.74) is 3.64. The first-order chi connectivity index (χ1) is 21.6. The molecule has 0 saturated carbocycles. The van der Waals surface area contributed by atoms with Gasteiger partial charge in [-0.15, -0.1) is 0 Å². The molecular weight excluding hydrogens is 600 g/mol. The van der Waals surface area contributed by atoms with Crippen LogP contribution in [0.1, 0.15) is 54.5 Å². The molecule has 4 aliphatic heterocycles. The van der Waals surface area contributed by atoms with E-state index in [2.05, 4.69) is 40.5 Å². The van der Waals surface area contributed by atoms with Crippen molar-refractivity contribution in [1.29, 1.82) is 5.26 Å². The number of alkyl halides is 1. The van der Waals surface area contributed by atoms with Crippen molar-refractivity contribution < 1.29 is 18.3 Å². The van der Waals surface area contributed by atoms with Crippen LogP contribution in [0.25, 0.3) is 0 Å².